The molecule has 0 aliphatic heterocycles. The smallest absolute Gasteiger partial charge is 0.292 e. The summed E-state index contributed by atoms with van der Waals surface area (Å²) in [4.78, 5) is 4.16. The minimum Gasteiger partial charge on any atom is -0.496 e. The lowest BCUT2D eigenvalue weighted by Crippen LogP contribution is -2.03. The lowest BCUT2D eigenvalue weighted by molar-refractivity contribution is 0.278. The number of nitriles is 1. The molecule has 0 saturated carbocycles. The number of methoxy groups -OCH3 is 1. The molecule has 0 amide bonds. The molecule has 5 heteroatoms. The highest BCUT2D eigenvalue weighted by Gasteiger charge is 2.12. The quantitative estimate of drug-likeness (QED) is 0.782. The maximum Gasteiger partial charge on any atom is 0.292 e. The summed E-state index contributed by atoms with van der Waals surface area (Å²) in [5.74, 6) is 1.56. The van der Waals surface area contributed by atoms with E-state index < -0.39 is 0 Å². The molecule has 1 aromatic carbocycles. The minimum atomic E-state index is 0.207. The van der Waals surface area contributed by atoms with Crippen molar-refractivity contribution >= 4 is 0 Å². The van der Waals surface area contributed by atoms with Crippen molar-refractivity contribution in [3.8, 4) is 23.6 Å². The van der Waals surface area contributed by atoms with Crippen molar-refractivity contribution in [3.63, 3.8) is 0 Å². The van der Waals surface area contributed by atoms with Gasteiger partial charge in [0.2, 0.25) is 5.88 Å². The van der Waals surface area contributed by atoms with Crippen molar-refractivity contribution in [2.45, 2.75) is 13.5 Å². The van der Waals surface area contributed by atoms with E-state index in [1.807, 2.05) is 19.1 Å². The largest absolute Gasteiger partial charge is 0.496 e. The van der Waals surface area contributed by atoms with Gasteiger partial charge in [0.1, 0.15) is 12.4 Å². The second-order valence-electron chi connectivity index (χ2n) is 4.04. The van der Waals surface area contributed by atoms with Gasteiger partial charge in [0.05, 0.1) is 12.7 Å². The lowest BCUT2D eigenvalue weighted by atomic mass is 10.2. The Hall–Kier alpha value is -2.74. The molecule has 2 rings (SSSR count). The predicted molar refractivity (Wildman–Crippen MR) is 72.5 cm³/mol. The van der Waals surface area contributed by atoms with Gasteiger partial charge in [0.15, 0.2) is 5.75 Å². The summed E-state index contributed by atoms with van der Waals surface area (Å²) in [5.41, 5.74) is 1.60. The van der Waals surface area contributed by atoms with Gasteiger partial charge in [-0.3, -0.25) is 0 Å². The fraction of sp³-hybridized carbons (Fsp3) is 0.200. The molecule has 0 unspecified atom stereocenters. The van der Waals surface area contributed by atoms with Crippen LogP contribution in [0.5, 0.6) is 17.4 Å². The number of pyridine rings is 1. The van der Waals surface area contributed by atoms with Gasteiger partial charge in [0, 0.05) is 11.8 Å². The van der Waals surface area contributed by atoms with E-state index in [1.165, 1.54) is 0 Å². The van der Waals surface area contributed by atoms with Gasteiger partial charge in [-0.05, 0) is 25.1 Å². The van der Waals surface area contributed by atoms with E-state index in [9.17, 15) is 0 Å². The Balaban J connectivity index is 2.24. The van der Waals surface area contributed by atoms with E-state index in [0.717, 1.165) is 5.56 Å². The summed E-state index contributed by atoms with van der Waals surface area (Å²) in [5, 5.41) is 8.67. The number of aromatic nitrogens is 1. The first-order valence-electron chi connectivity index (χ1n) is 6.02. The first kappa shape index (κ1) is 13.7. The minimum absolute atomic E-state index is 0.207. The number of hydrogen-bond acceptors (Lipinski definition) is 5. The zero-order valence-corrected chi connectivity index (χ0v) is 11.3. The predicted octanol–water partition coefficient (Wildman–Crippen LogP) is 2.84. The standard InChI is InChI=1S/C15H14N2O3/c1-11-5-4-8-17-15(11)19-9-12-13(18-2)6-3-7-14(12)20-10-16/h3-8H,9H2,1-2H3. The molecule has 0 saturated heterocycles. The Morgan fingerprint density at radius 1 is 1.20 bits per heavy atom. The molecule has 0 aliphatic carbocycles. The van der Waals surface area contributed by atoms with E-state index in [2.05, 4.69) is 4.98 Å². The highest BCUT2D eigenvalue weighted by atomic mass is 16.5. The van der Waals surface area contributed by atoms with Gasteiger partial charge >= 0.3 is 0 Å². The Kier molecular flexibility index (Phi) is 4.40. The molecule has 0 bridgehead atoms. The SMILES string of the molecule is COc1cccc(OC#N)c1COc1ncccc1C. The monoisotopic (exact) mass is 270 g/mol. The van der Waals surface area contributed by atoms with Crippen LogP contribution in [-0.2, 0) is 6.61 Å². The van der Waals surface area contributed by atoms with E-state index in [4.69, 9.17) is 19.5 Å². The summed E-state index contributed by atoms with van der Waals surface area (Å²) >= 11 is 0. The van der Waals surface area contributed by atoms with Crippen LogP contribution < -0.4 is 14.2 Å². The van der Waals surface area contributed by atoms with Crippen LogP contribution in [-0.4, -0.2) is 12.1 Å². The van der Waals surface area contributed by atoms with Crippen LogP contribution in [0.2, 0.25) is 0 Å². The molecule has 0 radical (unpaired) electrons. The van der Waals surface area contributed by atoms with Crippen LogP contribution in [0.3, 0.4) is 0 Å². The highest BCUT2D eigenvalue weighted by molar-refractivity contribution is 5.45. The summed E-state index contributed by atoms with van der Waals surface area (Å²) in [6, 6.07) is 8.98. The summed E-state index contributed by atoms with van der Waals surface area (Å²) < 4.78 is 15.9. The topological polar surface area (TPSA) is 64.4 Å². The summed E-state index contributed by atoms with van der Waals surface area (Å²) in [6.45, 7) is 2.12. The normalized spacial score (nSPS) is 9.65. The van der Waals surface area contributed by atoms with Crippen LogP contribution in [0, 0.1) is 18.4 Å². The number of hydrogen-bond donors (Lipinski definition) is 0. The molecule has 0 atom stereocenters. The van der Waals surface area contributed by atoms with Crippen LogP contribution >= 0.6 is 0 Å². The van der Waals surface area contributed by atoms with Crippen molar-refractivity contribution in [2.75, 3.05) is 7.11 Å². The van der Waals surface area contributed by atoms with Gasteiger partial charge in [-0.2, -0.15) is 0 Å². The van der Waals surface area contributed by atoms with E-state index in [1.54, 1.807) is 37.8 Å². The Morgan fingerprint density at radius 3 is 2.70 bits per heavy atom. The third kappa shape index (κ3) is 2.98. The Morgan fingerprint density at radius 2 is 2.00 bits per heavy atom. The number of rotatable bonds is 5. The first-order valence-corrected chi connectivity index (χ1v) is 6.02. The number of aryl methyl sites for hydroxylation is 1. The molecule has 0 spiro atoms. The van der Waals surface area contributed by atoms with Crippen molar-refractivity contribution < 1.29 is 14.2 Å². The summed E-state index contributed by atoms with van der Waals surface area (Å²) in [6.07, 6.45) is 3.32. The molecule has 5 nitrogen and oxygen atoms in total. The van der Waals surface area contributed by atoms with Crippen molar-refractivity contribution in [1.82, 2.24) is 4.98 Å². The molecule has 20 heavy (non-hydrogen) atoms. The molecular formula is C15H14N2O3. The molecular weight excluding hydrogens is 256 g/mol. The van der Waals surface area contributed by atoms with Gasteiger partial charge in [-0.15, -0.1) is 5.26 Å². The molecule has 0 aliphatic rings. The van der Waals surface area contributed by atoms with Gasteiger partial charge < -0.3 is 14.2 Å². The van der Waals surface area contributed by atoms with Crippen LogP contribution in [0.15, 0.2) is 36.5 Å². The van der Waals surface area contributed by atoms with Crippen LogP contribution in [0.25, 0.3) is 0 Å². The van der Waals surface area contributed by atoms with Crippen LogP contribution in [0.1, 0.15) is 11.1 Å². The highest BCUT2D eigenvalue weighted by Crippen LogP contribution is 2.29. The average Bonchev–Trinajstić information content (AvgIpc) is 2.47. The molecule has 102 valence electrons. The van der Waals surface area contributed by atoms with E-state index in [0.29, 0.717) is 22.9 Å². The zero-order chi connectivity index (χ0) is 14.4. The fourth-order valence-corrected chi connectivity index (χ4v) is 1.79. The van der Waals surface area contributed by atoms with Gasteiger partial charge in [0.25, 0.3) is 6.26 Å². The third-order valence-electron chi connectivity index (χ3n) is 2.78. The van der Waals surface area contributed by atoms with E-state index in [-0.39, 0.29) is 6.61 Å². The van der Waals surface area contributed by atoms with Crippen molar-refractivity contribution in [2.24, 2.45) is 0 Å². The third-order valence-corrected chi connectivity index (χ3v) is 2.78. The number of benzene rings is 1. The van der Waals surface area contributed by atoms with Gasteiger partial charge in [-0.1, -0.05) is 12.1 Å². The Labute approximate surface area is 117 Å². The van der Waals surface area contributed by atoms with E-state index >= 15 is 0 Å². The first-order chi connectivity index (χ1) is 9.76. The number of ether oxygens (including phenoxy) is 3. The molecule has 1 aromatic heterocycles. The maximum atomic E-state index is 8.67. The summed E-state index contributed by atoms with van der Waals surface area (Å²) in [7, 11) is 1.56. The zero-order valence-electron chi connectivity index (χ0n) is 11.3. The Bertz CT molecular complexity index is 635. The fourth-order valence-electron chi connectivity index (χ4n) is 1.79. The molecule has 1 heterocycles. The second kappa shape index (κ2) is 6.43. The maximum absolute atomic E-state index is 8.67. The van der Waals surface area contributed by atoms with Crippen molar-refractivity contribution in [1.29, 1.82) is 5.26 Å². The molecule has 0 N–H and O–H groups in total. The molecule has 0 fully saturated rings. The average molecular weight is 270 g/mol. The molecule has 2 aromatic rings. The lowest BCUT2D eigenvalue weighted by Gasteiger charge is -2.13. The van der Waals surface area contributed by atoms with Gasteiger partial charge in [-0.25, -0.2) is 4.98 Å². The second-order valence-corrected chi connectivity index (χ2v) is 4.04. The van der Waals surface area contributed by atoms with Crippen molar-refractivity contribution in [3.05, 3.63) is 47.7 Å². The number of nitrogens with zero attached hydrogens (tertiary/aromatic N) is 2. The van der Waals surface area contributed by atoms with Crippen LogP contribution in [0.4, 0.5) is 0 Å².